The molecule has 1 atom stereocenters. The molecule has 2 fully saturated rings. The number of anilines is 1. The molecule has 4 aromatic rings. The van der Waals surface area contributed by atoms with Crippen molar-refractivity contribution in [2.45, 2.75) is 47.9 Å². The average Bonchev–Trinajstić information content (AvgIpc) is 3.54. The third kappa shape index (κ3) is 3.20. The predicted molar refractivity (Wildman–Crippen MR) is 124 cm³/mol. The number of nitrogens with zero attached hydrogens (tertiary/aromatic N) is 5. The Morgan fingerprint density at radius 3 is 2.94 bits per heavy atom. The van der Waals surface area contributed by atoms with Crippen LogP contribution in [0.15, 0.2) is 52.8 Å². The summed E-state index contributed by atoms with van der Waals surface area (Å²) in [5.74, 6) is 1.01. The van der Waals surface area contributed by atoms with Gasteiger partial charge in [0.2, 0.25) is 5.95 Å². The lowest BCUT2D eigenvalue weighted by atomic mass is 9.74. The summed E-state index contributed by atoms with van der Waals surface area (Å²) in [5.41, 5.74) is 2.48. The number of piperidine rings is 1. The zero-order valence-corrected chi connectivity index (χ0v) is 18.5. The van der Waals surface area contributed by atoms with Crippen LogP contribution in [0.1, 0.15) is 32.1 Å². The maximum absolute atomic E-state index is 4.90. The molecule has 0 amide bonds. The topological polar surface area (TPSA) is 74.1 Å². The highest BCUT2D eigenvalue weighted by molar-refractivity contribution is 7.99. The number of aromatic amines is 1. The smallest absolute Gasteiger partial charge is 0.211 e. The minimum atomic E-state index is 0.473. The van der Waals surface area contributed by atoms with Gasteiger partial charge in [-0.05, 0) is 50.3 Å². The molecule has 3 aromatic heterocycles. The second-order valence-electron chi connectivity index (χ2n) is 8.85. The molecule has 0 radical (unpaired) electrons. The minimum absolute atomic E-state index is 0.473. The van der Waals surface area contributed by atoms with E-state index in [1.807, 2.05) is 24.8 Å². The van der Waals surface area contributed by atoms with Crippen LogP contribution < -0.4 is 10.2 Å². The lowest BCUT2D eigenvalue weighted by Crippen LogP contribution is -2.48. The third-order valence-electron chi connectivity index (χ3n) is 7.31. The molecule has 6 rings (SSSR count). The van der Waals surface area contributed by atoms with E-state index in [0.29, 0.717) is 11.5 Å². The number of H-pyrrole nitrogens is 1. The van der Waals surface area contributed by atoms with E-state index in [-0.39, 0.29) is 0 Å². The molecule has 7 nitrogen and oxygen atoms in total. The number of rotatable bonds is 4. The SMILES string of the molecule is CN[C@@H]1CCCC12CCN(c1ncc(Sc3ccc4cn[nH]c4c3)c3nccn13)CC2. The van der Waals surface area contributed by atoms with Crippen molar-refractivity contribution in [3.8, 4) is 0 Å². The Bertz CT molecular complexity index is 1220. The highest BCUT2D eigenvalue weighted by atomic mass is 32.2. The van der Waals surface area contributed by atoms with E-state index in [9.17, 15) is 0 Å². The molecule has 160 valence electrons. The van der Waals surface area contributed by atoms with Gasteiger partial charge in [0.05, 0.1) is 16.6 Å². The van der Waals surface area contributed by atoms with Gasteiger partial charge in [-0.3, -0.25) is 9.50 Å². The Hall–Kier alpha value is -2.58. The molecule has 1 aliphatic carbocycles. The Labute approximate surface area is 185 Å². The van der Waals surface area contributed by atoms with Gasteiger partial charge in [-0.25, -0.2) is 9.97 Å². The van der Waals surface area contributed by atoms with E-state index < -0.39 is 0 Å². The Morgan fingerprint density at radius 2 is 2.06 bits per heavy atom. The van der Waals surface area contributed by atoms with Gasteiger partial charge in [-0.15, -0.1) is 0 Å². The Morgan fingerprint density at radius 1 is 1.16 bits per heavy atom. The molecule has 2 aliphatic rings. The van der Waals surface area contributed by atoms with E-state index >= 15 is 0 Å². The number of nitrogens with one attached hydrogen (secondary N) is 2. The molecule has 1 saturated heterocycles. The van der Waals surface area contributed by atoms with E-state index in [1.54, 1.807) is 11.8 Å². The molecule has 1 saturated carbocycles. The number of aromatic nitrogens is 5. The first-order valence-electron chi connectivity index (χ1n) is 11.1. The first-order valence-corrected chi connectivity index (χ1v) is 11.9. The summed E-state index contributed by atoms with van der Waals surface area (Å²) in [6, 6.07) is 7.02. The molecule has 0 bridgehead atoms. The van der Waals surface area contributed by atoms with Crippen molar-refractivity contribution in [3.05, 3.63) is 43.0 Å². The molecule has 2 N–H and O–H groups in total. The lowest BCUT2D eigenvalue weighted by Gasteiger charge is -2.43. The minimum Gasteiger partial charge on any atom is -0.342 e. The molecule has 8 heteroatoms. The van der Waals surface area contributed by atoms with Crippen LogP contribution in [0.25, 0.3) is 16.6 Å². The molecule has 31 heavy (non-hydrogen) atoms. The maximum Gasteiger partial charge on any atom is 0.211 e. The molecule has 1 spiro atoms. The highest BCUT2D eigenvalue weighted by Gasteiger charge is 2.44. The van der Waals surface area contributed by atoms with E-state index in [0.717, 1.165) is 45.4 Å². The van der Waals surface area contributed by atoms with E-state index in [4.69, 9.17) is 4.98 Å². The van der Waals surface area contributed by atoms with Gasteiger partial charge in [0.25, 0.3) is 0 Å². The molecule has 4 heterocycles. The highest BCUT2D eigenvalue weighted by Crippen LogP contribution is 2.46. The summed E-state index contributed by atoms with van der Waals surface area (Å²) < 4.78 is 2.15. The van der Waals surface area contributed by atoms with Gasteiger partial charge < -0.3 is 10.2 Å². The molecule has 1 aromatic carbocycles. The molecule has 0 unspecified atom stereocenters. The standard InChI is InChI=1S/C23H27N7S/c1-24-20-3-2-6-23(20)7-10-29(11-8-23)22-26-15-19(21-25-9-12-30(21)22)31-17-5-4-16-14-27-28-18(16)13-17/h4-5,9,12-15,20,24H,2-3,6-8,10-11H2,1H3,(H,27,28)/t20-/m1/s1. The van der Waals surface area contributed by atoms with Crippen molar-refractivity contribution in [3.63, 3.8) is 0 Å². The van der Waals surface area contributed by atoms with Crippen LogP contribution in [0.3, 0.4) is 0 Å². The summed E-state index contributed by atoms with van der Waals surface area (Å²) >= 11 is 1.69. The van der Waals surface area contributed by atoms with Gasteiger partial charge in [-0.1, -0.05) is 24.2 Å². The van der Waals surface area contributed by atoms with Crippen LogP contribution in [-0.4, -0.2) is 50.7 Å². The van der Waals surface area contributed by atoms with Crippen molar-refractivity contribution in [1.29, 1.82) is 0 Å². The molecular weight excluding hydrogens is 406 g/mol. The number of fused-ring (bicyclic) bond motifs is 2. The van der Waals surface area contributed by atoms with Crippen LogP contribution in [-0.2, 0) is 0 Å². The summed E-state index contributed by atoms with van der Waals surface area (Å²) in [4.78, 5) is 14.2. The molecule has 1 aliphatic heterocycles. The first kappa shape index (κ1) is 19.1. The van der Waals surface area contributed by atoms with Gasteiger partial charge in [0.15, 0.2) is 5.65 Å². The second kappa shape index (κ2) is 7.53. The first-order chi connectivity index (χ1) is 15.3. The summed E-state index contributed by atoms with van der Waals surface area (Å²) in [7, 11) is 2.13. The fourth-order valence-electron chi connectivity index (χ4n) is 5.64. The third-order valence-corrected chi connectivity index (χ3v) is 8.31. The Kier molecular flexibility index (Phi) is 4.65. The van der Waals surface area contributed by atoms with Crippen molar-refractivity contribution in [1.82, 2.24) is 29.9 Å². The number of hydrogen-bond acceptors (Lipinski definition) is 6. The summed E-state index contributed by atoms with van der Waals surface area (Å²) in [6.45, 7) is 2.11. The fourth-order valence-corrected chi connectivity index (χ4v) is 6.55. The summed E-state index contributed by atoms with van der Waals surface area (Å²) in [5, 5.41) is 11.9. The summed E-state index contributed by atoms with van der Waals surface area (Å²) in [6.07, 6.45) is 14.2. The van der Waals surface area contributed by atoms with Crippen LogP contribution in [0.2, 0.25) is 0 Å². The van der Waals surface area contributed by atoms with Crippen LogP contribution >= 0.6 is 11.8 Å². The van der Waals surface area contributed by atoms with Crippen LogP contribution in [0.5, 0.6) is 0 Å². The van der Waals surface area contributed by atoms with Crippen molar-refractivity contribution in [2.75, 3.05) is 25.0 Å². The fraction of sp³-hybridized carbons (Fsp3) is 0.435. The Balaban J connectivity index is 1.26. The van der Waals surface area contributed by atoms with Gasteiger partial charge >= 0.3 is 0 Å². The van der Waals surface area contributed by atoms with Gasteiger partial charge in [0.1, 0.15) is 0 Å². The largest absolute Gasteiger partial charge is 0.342 e. The number of benzene rings is 1. The molecular formula is C23H27N7S. The maximum atomic E-state index is 4.90. The van der Waals surface area contributed by atoms with Crippen molar-refractivity contribution < 1.29 is 0 Å². The number of hydrogen-bond donors (Lipinski definition) is 2. The van der Waals surface area contributed by atoms with E-state index in [1.165, 1.54) is 32.1 Å². The second-order valence-corrected chi connectivity index (χ2v) is 9.96. The zero-order chi connectivity index (χ0) is 20.8. The number of imidazole rings is 1. The normalized spacial score (nSPS) is 20.9. The van der Waals surface area contributed by atoms with Gasteiger partial charge in [0, 0.05) is 48.0 Å². The van der Waals surface area contributed by atoms with E-state index in [2.05, 4.69) is 55.0 Å². The quantitative estimate of drug-likeness (QED) is 0.504. The zero-order valence-electron chi connectivity index (χ0n) is 17.7. The predicted octanol–water partition coefficient (Wildman–Crippen LogP) is 4.12. The van der Waals surface area contributed by atoms with Crippen LogP contribution in [0.4, 0.5) is 5.95 Å². The monoisotopic (exact) mass is 433 g/mol. The van der Waals surface area contributed by atoms with Crippen LogP contribution in [0, 0.1) is 5.41 Å². The van der Waals surface area contributed by atoms with Crippen molar-refractivity contribution >= 4 is 34.3 Å². The average molecular weight is 434 g/mol. The lowest BCUT2D eigenvalue weighted by molar-refractivity contribution is 0.177. The van der Waals surface area contributed by atoms with Gasteiger partial charge in [-0.2, -0.15) is 5.10 Å². The van der Waals surface area contributed by atoms with Crippen molar-refractivity contribution in [2.24, 2.45) is 5.41 Å².